The third kappa shape index (κ3) is 3.58. The third-order valence-electron chi connectivity index (χ3n) is 4.97. The molecule has 2 N–H and O–H groups in total. The summed E-state index contributed by atoms with van der Waals surface area (Å²) >= 11 is 0. The van der Waals surface area contributed by atoms with Crippen molar-refractivity contribution in [2.75, 3.05) is 44.1 Å². The fourth-order valence-electron chi connectivity index (χ4n) is 3.48. The molecule has 0 unspecified atom stereocenters. The predicted octanol–water partition coefficient (Wildman–Crippen LogP) is 0.971. The smallest absolute Gasteiger partial charge is 0.259 e. The minimum atomic E-state index is -0.144. The van der Waals surface area contributed by atoms with E-state index in [4.69, 9.17) is 9.15 Å². The molecule has 3 aromatic rings. The molecule has 9 heteroatoms. The molecule has 0 saturated carbocycles. The Balaban J connectivity index is 1.46. The van der Waals surface area contributed by atoms with Crippen LogP contribution in [0.4, 0.5) is 11.8 Å². The highest BCUT2D eigenvalue weighted by Gasteiger charge is 2.33. The number of methoxy groups -OCH3 is 1. The Bertz CT molecular complexity index is 1010. The van der Waals surface area contributed by atoms with Gasteiger partial charge in [-0.15, -0.1) is 0 Å². The quantitative estimate of drug-likeness (QED) is 0.649. The summed E-state index contributed by atoms with van der Waals surface area (Å²) in [5, 5.41) is 4.05. The molecule has 0 aliphatic carbocycles. The van der Waals surface area contributed by atoms with E-state index in [9.17, 15) is 4.79 Å². The van der Waals surface area contributed by atoms with Crippen LogP contribution >= 0.6 is 0 Å². The number of nitrogens with one attached hydrogen (secondary N) is 2. The van der Waals surface area contributed by atoms with Crippen molar-refractivity contribution in [3.63, 3.8) is 0 Å². The predicted molar refractivity (Wildman–Crippen MR) is 107 cm³/mol. The fraction of sp³-hybridized carbons (Fsp3) is 0.421. The zero-order chi connectivity index (χ0) is 19.7. The zero-order valence-electron chi connectivity index (χ0n) is 16.2. The SMILES string of the molecule is CO[C@@H]1CN(c2ccnc(N(C)C)n2)C[C@@H]1NCc1cc2c(=O)[nH]ccc2o1. The molecule has 0 amide bonds. The molecule has 148 valence electrons. The van der Waals surface area contributed by atoms with Crippen molar-refractivity contribution in [2.45, 2.75) is 18.7 Å². The fourth-order valence-corrected chi connectivity index (χ4v) is 3.48. The summed E-state index contributed by atoms with van der Waals surface area (Å²) in [6.07, 6.45) is 3.38. The lowest BCUT2D eigenvalue weighted by molar-refractivity contribution is 0.0961. The van der Waals surface area contributed by atoms with Crippen LogP contribution in [0.15, 0.2) is 39.8 Å². The summed E-state index contributed by atoms with van der Waals surface area (Å²) in [7, 11) is 5.56. The van der Waals surface area contributed by atoms with E-state index < -0.39 is 0 Å². The molecule has 2 atom stereocenters. The number of aromatic nitrogens is 3. The summed E-state index contributed by atoms with van der Waals surface area (Å²) in [6.45, 7) is 2.00. The number of fused-ring (bicyclic) bond motifs is 1. The molecule has 0 aromatic carbocycles. The molecule has 1 aliphatic heterocycles. The van der Waals surface area contributed by atoms with Gasteiger partial charge >= 0.3 is 0 Å². The van der Waals surface area contributed by atoms with Crippen molar-refractivity contribution in [1.29, 1.82) is 0 Å². The monoisotopic (exact) mass is 384 g/mol. The van der Waals surface area contributed by atoms with Crippen LogP contribution in [0.5, 0.6) is 0 Å². The second-order valence-electron chi connectivity index (χ2n) is 7.07. The summed E-state index contributed by atoms with van der Waals surface area (Å²) in [6, 6.07) is 5.55. The number of nitrogens with zero attached hydrogens (tertiary/aromatic N) is 4. The van der Waals surface area contributed by atoms with Crippen LogP contribution in [0, 0.1) is 0 Å². The van der Waals surface area contributed by atoms with Crippen molar-refractivity contribution in [1.82, 2.24) is 20.3 Å². The van der Waals surface area contributed by atoms with Crippen molar-refractivity contribution in [2.24, 2.45) is 0 Å². The van der Waals surface area contributed by atoms with E-state index in [0.29, 0.717) is 23.5 Å². The van der Waals surface area contributed by atoms with Gasteiger partial charge in [-0.05, 0) is 18.2 Å². The van der Waals surface area contributed by atoms with Crippen LogP contribution in [-0.4, -0.2) is 61.4 Å². The van der Waals surface area contributed by atoms with E-state index in [1.807, 2.05) is 25.1 Å². The molecule has 4 heterocycles. The molecule has 1 aliphatic rings. The summed E-state index contributed by atoms with van der Waals surface area (Å²) in [5.41, 5.74) is 0.448. The average Bonchev–Trinajstić information content (AvgIpc) is 3.31. The lowest BCUT2D eigenvalue weighted by atomic mass is 10.2. The van der Waals surface area contributed by atoms with E-state index in [-0.39, 0.29) is 17.7 Å². The maximum absolute atomic E-state index is 11.8. The molecule has 0 spiro atoms. The molecule has 4 rings (SSSR count). The maximum atomic E-state index is 11.8. The number of ether oxygens (including phenoxy) is 1. The Morgan fingerprint density at radius 3 is 3.00 bits per heavy atom. The minimum Gasteiger partial charge on any atom is -0.459 e. The number of anilines is 2. The van der Waals surface area contributed by atoms with Gasteiger partial charge in [-0.3, -0.25) is 4.79 Å². The van der Waals surface area contributed by atoms with Gasteiger partial charge in [-0.1, -0.05) is 0 Å². The third-order valence-corrected chi connectivity index (χ3v) is 4.97. The largest absolute Gasteiger partial charge is 0.459 e. The molecule has 1 fully saturated rings. The van der Waals surface area contributed by atoms with E-state index in [1.54, 1.807) is 31.6 Å². The normalized spacial score (nSPS) is 19.5. The highest BCUT2D eigenvalue weighted by atomic mass is 16.5. The standard InChI is InChI=1S/C19H24N6O3/c1-24(2)19-21-7-5-17(23-19)25-10-14(16(11-25)27-3)22-9-12-8-13-15(28-12)4-6-20-18(13)26/h4-8,14,16,22H,9-11H2,1-3H3,(H,20,26)/t14-,16+/m0/s1. The van der Waals surface area contributed by atoms with Gasteiger partial charge in [-0.25, -0.2) is 4.98 Å². The number of pyridine rings is 1. The van der Waals surface area contributed by atoms with Gasteiger partial charge in [0.1, 0.15) is 17.2 Å². The lowest BCUT2D eigenvalue weighted by Gasteiger charge is -2.19. The number of rotatable bonds is 6. The number of hydrogen-bond donors (Lipinski definition) is 2. The first-order valence-corrected chi connectivity index (χ1v) is 9.17. The first kappa shape index (κ1) is 18.5. The topological polar surface area (TPSA) is 99.5 Å². The lowest BCUT2D eigenvalue weighted by Crippen LogP contribution is -2.39. The highest BCUT2D eigenvalue weighted by molar-refractivity contribution is 5.76. The first-order valence-electron chi connectivity index (χ1n) is 9.17. The molecule has 28 heavy (non-hydrogen) atoms. The Hall–Kier alpha value is -2.91. The van der Waals surface area contributed by atoms with Gasteiger partial charge in [0.2, 0.25) is 5.95 Å². The molecular formula is C19H24N6O3. The summed E-state index contributed by atoms with van der Waals surface area (Å²) < 4.78 is 11.4. The van der Waals surface area contributed by atoms with Gasteiger partial charge in [0, 0.05) is 46.7 Å². The number of H-pyrrole nitrogens is 1. The van der Waals surface area contributed by atoms with Gasteiger partial charge in [0.15, 0.2) is 0 Å². The van der Waals surface area contributed by atoms with E-state index >= 15 is 0 Å². The van der Waals surface area contributed by atoms with Crippen molar-refractivity contribution < 1.29 is 9.15 Å². The van der Waals surface area contributed by atoms with Gasteiger partial charge < -0.3 is 29.3 Å². The molecule has 0 bridgehead atoms. The van der Waals surface area contributed by atoms with Crippen LogP contribution in [0.1, 0.15) is 5.76 Å². The van der Waals surface area contributed by atoms with Gasteiger partial charge in [0.05, 0.1) is 24.1 Å². The Morgan fingerprint density at radius 2 is 2.25 bits per heavy atom. The molecule has 9 nitrogen and oxygen atoms in total. The second-order valence-corrected chi connectivity index (χ2v) is 7.07. The number of furan rings is 1. The second kappa shape index (κ2) is 7.61. The highest BCUT2D eigenvalue weighted by Crippen LogP contribution is 2.22. The summed E-state index contributed by atoms with van der Waals surface area (Å²) in [5.74, 6) is 2.27. The van der Waals surface area contributed by atoms with E-state index in [0.717, 1.165) is 24.7 Å². The Labute approximate surface area is 162 Å². The first-order chi connectivity index (χ1) is 13.5. The van der Waals surface area contributed by atoms with Crippen molar-refractivity contribution >= 4 is 22.7 Å². The zero-order valence-corrected chi connectivity index (χ0v) is 16.2. The molecular weight excluding hydrogens is 360 g/mol. The van der Waals surface area contributed by atoms with Crippen LogP contribution in [0.25, 0.3) is 11.0 Å². The van der Waals surface area contributed by atoms with Crippen LogP contribution < -0.4 is 20.7 Å². The van der Waals surface area contributed by atoms with Crippen LogP contribution in [0.3, 0.4) is 0 Å². The number of hydrogen-bond acceptors (Lipinski definition) is 8. The van der Waals surface area contributed by atoms with Crippen LogP contribution in [-0.2, 0) is 11.3 Å². The van der Waals surface area contributed by atoms with E-state index in [2.05, 4.69) is 25.2 Å². The van der Waals surface area contributed by atoms with Crippen LogP contribution in [0.2, 0.25) is 0 Å². The van der Waals surface area contributed by atoms with E-state index in [1.165, 1.54) is 0 Å². The maximum Gasteiger partial charge on any atom is 0.259 e. The Kier molecular flexibility index (Phi) is 5.01. The molecule has 0 radical (unpaired) electrons. The van der Waals surface area contributed by atoms with Crippen molar-refractivity contribution in [3.8, 4) is 0 Å². The molecule has 1 saturated heterocycles. The average molecular weight is 384 g/mol. The summed E-state index contributed by atoms with van der Waals surface area (Å²) in [4.78, 5) is 27.5. The number of aromatic amines is 1. The molecule has 3 aromatic heterocycles. The minimum absolute atomic E-state index is 0.0190. The Morgan fingerprint density at radius 1 is 1.39 bits per heavy atom. The van der Waals surface area contributed by atoms with Gasteiger partial charge in [0.25, 0.3) is 5.56 Å². The van der Waals surface area contributed by atoms with Gasteiger partial charge in [-0.2, -0.15) is 4.98 Å². The van der Waals surface area contributed by atoms with Crippen molar-refractivity contribution in [3.05, 3.63) is 46.7 Å².